The summed E-state index contributed by atoms with van der Waals surface area (Å²) >= 11 is 8.79. The lowest BCUT2D eigenvalue weighted by Crippen LogP contribution is -2.25. The lowest BCUT2D eigenvalue weighted by molar-refractivity contribution is 0.0949. The number of amides is 1. The molecule has 9 heteroatoms. The molecule has 0 saturated heterocycles. The largest absolute Gasteiger partial charge is 0.351 e. The Morgan fingerprint density at radius 1 is 1.33 bits per heavy atom. The molecular formula is C12H16Cl3N3OS2. The van der Waals surface area contributed by atoms with E-state index in [1.807, 2.05) is 12.1 Å². The SMILES string of the molecule is Cl.Cl.NCCCCNC(=O)c1csc(-c2ccc(Cl)s2)n1. The fourth-order valence-electron chi connectivity index (χ4n) is 1.48. The molecule has 0 aliphatic heterocycles. The molecule has 0 atom stereocenters. The molecule has 21 heavy (non-hydrogen) atoms. The molecule has 2 rings (SSSR count). The van der Waals surface area contributed by atoms with Crippen LogP contribution in [0.25, 0.3) is 9.88 Å². The van der Waals surface area contributed by atoms with Gasteiger partial charge in [0.15, 0.2) is 0 Å². The van der Waals surface area contributed by atoms with E-state index in [1.165, 1.54) is 22.7 Å². The molecule has 3 N–H and O–H groups in total. The van der Waals surface area contributed by atoms with Crippen LogP contribution in [0.2, 0.25) is 4.34 Å². The maximum absolute atomic E-state index is 11.8. The first-order valence-corrected chi connectivity index (χ1v) is 7.97. The number of halogens is 3. The molecule has 1 amide bonds. The fraction of sp³-hybridized carbons (Fsp3) is 0.333. The van der Waals surface area contributed by atoms with E-state index in [2.05, 4.69) is 10.3 Å². The molecule has 0 aromatic carbocycles. The van der Waals surface area contributed by atoms with E-state index >= 15 is 0 Å². The minimum absolute atomic E-state index is 0. The Bertz CT molecular complexity index is 559. The highest BCUT2D eigenvalue weighted by molar-refractivity contribution is 7.23. The zero-order valence-corrected chi connectivity index (χ0v) is 15.0. The highest BCUT2D eigenvalue weighted by atomic mass is 35.5. The molecule has 0 bridgehead atoms. The molecule has 2 aromatic rings. The number of nitrogens with two attached hydrogens (primary N) is 1. The number of thiophene rings is 1. The second-order valence-corrected chi connectivity index (χ2v) is 6.47. The highest BCUT2D eigenvalue weighted by Crippen LogP contribution is 2.32. The van der Waals surface area contributed by atoms with Gasteiger partial charge in [0.2, 0.25) is 0 Å². The zero-order valence-electron chi connectivity index (χ0n) is 11.0. The average molecular weight is 389 g/mol. The Hall–Kier alpha value is -0.370. The van der Waals surface area contributed by atoms with E-state index in [1.54, 1.807) is 5.38 Å². The van der Waals surface area contributed by atoms with Crippen LogP contribution in [0.15, 0.2) is 17.5 Å². The fourth-order valence-corrected chi connectivity index (χ4v) is 3.40. The number of aromatic nitrogens is 1. The number of nitrogens with zero attached hydrogens (tertiary/aromatic N) is 1. The molecule has 0 spiro atoms. The second kappa shape index (κ2) is 10.4. The number of carbonyl (C=O) groups is 1. The highest BCUT2D eigenvalue weighted by Gasteiger charge is 2.12. The van der Waals surface area contributed by atoms with Crippen molar-refractivity contribution in [3.05, 3.63) is 27.5 Å². The van der Waals surface area contributed by atoms with Gasteiger partial charge in [-0.25, -0.2) is 4.98 Å². The van der Waals surface area contributed by atoms with Crippen LogP contribution in [0.5, 0.6) is 0 Å². The lowest BCUT2D eigenvalue weighted by Gasteiger charge is -2.01. The Balaban J connectivity index is 0.00000200. The van der Waals surface area contributed by atoms with Crippen LogP contribution in [-0.4, -0.2) is 24.0 Å². The van der Waals surface area contributed by atoms with Gasteiger partial charge in [-0.05, 0) is 31.5 Å². The molecule has 0 saturated carbocycles. The van der Waals surface area contributed by atoms with E-state index in [0.29, 0.717) is 18.8 Å². The lowest BCUT2D eigenvalue weighted by atomic mass is 10.3. The van der Waals surface area contributed by atoms with Crippen molar-refractivity contribution >= 4 is 65.0 Å². The Kier molecular flexibility index (Phi) is 10.2. The van der Waals surface area contributed by atoms with Gasteiger partial charge in [0, 0.05) is 11.9 Å². The molecular weight excluding hydrogens is 373 g/mol. The Morgan fingerprint density at radius 3 is 2.71 bits per heavy atom. The Labute approximate surface area is 148 Å². The van der Waals surface area contributed by atoms with Crippen molar-refractivity contribution in [2.75, 3.05) is 13.1 Å². The van der Waals surface area contributed by atoms with Gasteiger partial charge < -0.3 is 11.1 Å². The monoisotopic (exact) mass is 387 g/mol. The average Bonchev–Trinajstić information content (AvgIpc) is 3.02. The van der Waals surface area contributed by atoms with Crippen molar-refractivity contribution in [3.8, 4) is 9.88 Å². The molecule has 2 heterocycles. The number of nitrogens with one attached hydrogen (secondary N) is 1. The molecule has 0 fully saturated rings. The van der Waals surface area contributed by atoms with Crippen LogP contribution in [0, 0.1) is 0 Å². The quantitative estimate of drug-likeness (QED) is 0.739. The molecule has 0 radical (unpaired) electrons. The van der Waals surface area contributed by atoms with E-state index in [0.717, 1.165) is 27.1 Å². The summed E-state index contributed by atoms with van der Waals surface area (Å²) in [6.07, 6.45) is 1.80. The number of hydrogen-bond donors (Lipinski definition) is 2. The third kappa shape index (κ3) is 6.10. The predicted molar refractivity (Wildman–Crippen MR) is 95.6 cm³/mol. The molecule has 0 aliphatic rings. The summed E-state index contributed by atoms with van der Waals surface area (Å²) in [5, 5.41) is 5.42. The van der Waals surface area contributed by atoms with Gasteiger partial charge in [-0.2, -0.15) is 0 Å². The van der Waals surface area contributed by atoms with Crippen molar-refractivity contribution in [3.63, 3.8) is 0 Å². The first-order chi connectivity index (χ1) is 9.20. The number of thiazole rings is 1. The normalized spacial score (nSPS) is 9.62. The minimum atomic E-state index is -0.137. The van der Waals surface area contributed by atoms with Gasteiger partial charge in [0.25, 0.3) is 5.91 Å². The van der Waals surface area contributed by atoms with Gasteiger partial charge in [-0.15, -0.1) is 47.5 Å². The van der Waals surface area contributed by atoms with Crippen molar-refractivity contribution < 1.29 is 4.79 Å². The van der Waals surface area contributed by atoms with E-state index in [-0.39, 0.29) is 30.7 Å². The second-order valence-electron chi connectivity index (χ2n) is 3.89. The third-order valence-electron chi connectivity index (χ3n) is 2.44. The van der Waals surface area contributed by atoms with Crippen LogP contribution in [0.3, 0.4) is 0 Å². The van der Waals surface area contributed by atoms with Crippen molar-refractivity contribution in [1.82, 2.24) is 10.3 Å². The summed E-state index contributed by atoms with van der Waals surface area (Å²) in [6.45, 7) is 1.28. The number of hydrogen-bond acceptors (Lipinski definition) is 5. The van der Waals surface area contributed by atoms with E-state index in [4.69, 9.17) is 17.3 Å². The van der Waals surface area contributed by atoms with Gasteiger partial charge >= 0.3 is 0 Å². The van der Waals surface area contributed by atoms with Gasteiger partial charge in [0.1, 0.15) is 10.7 Å². The number of rotatable bonds is 6. The summed E-state index contributed by atoms with van der Waals surface area (Å²) < 4.78 is 0.720. The van der Waals surface area contributed by atoms with Gasteiger partial charge in [-0.1, -0.05) is 11.6 Å². The van der Waals surface area contributed by atoms with Crippen molar-refractivity contribution in [2.24, 2.45) is 5.73 Å². The van der Waals surface area contributed by atoms with Gasteiger partial charge in [0.05, 0.1) is 9.21 Å². The molecule has 0 aliphatic carbocycles. The first-order valence-electron chi connectivity index (χ1n) is 5.90. The van der Waals surface area contributed by atoms with E-state index in [9.17, 15) is 4.79 Å². The maximum atomic E-state index is 11.8. The first kappa shape index (κ1) is 20.6. The predicted octanol–water partition coefficient (Wildman–Crippen LogP) is 3.84. The summed E-state index contributed by atoms with van der Waals surface area (Å²) in [5.41, 5.74) is 5.85. The maximum Gasteiger partial charge on any atom is 0.270 e. The summed E-state index contributed by atoms with van der Waals surface area (Å²) in [5.74, 6) is -0.137. The summed E-state index contributed by atoms with van der Waals surface area (Å²) in [4.78, 5) is 17.1. The summed E-state index contributed by atoms with van der Waals surface area (Å²) in [7, 11) is 0. The van der Waals surface area contributed by atoms with Crippen LogP contribution in [0.4, 0.5) is 0 Å². The topological polar surface area (TPSA) is 68.0 Å². The van der Waals surface area contributed by atoms with Crippen LogP contribution in [-0.2, 0) is 0 Å². The number of unbranched alkanes of at least 4 members (excludes halogenated alkanes) is 1. The van der Waals surface area contributed by atoms with Crippen LogP contribution < -0.4 is 11.1 Å². The van der Waals surface area contributed by atoms with Crippen LogP contribution >= 0.6 is 59.1 Å². The van der Waals surface area contributed by atoms with Crippen molar-refractivity contribution in [2.45, 2.75) is 12.8 Å². The molecule has 118 valence electrons. The van der Waals surface area contributed by atoms with Crippen LogP contribution in [0.1, 0.15) is 23.3 Å². The third-order valence-corrected chi connectivity index (χ3v) is 4.68. The number of carbonyl (C=O) groups excluding carboxylic acids is 1. The molecule has 4 nitrogen and oxygen atoms in total. The van der Waals surface area contributed by atoms with E-state index < -0.39 is 0 Å². The zero-order chi connectivity index (χ0) is 13.7. The molecule has 0 unspecified atom stereocenters. The van der Waals surface area contributed by atoms with Crippen molar-refractivity contribution in [1.29, 1.82) is 0 Å². The Morgan fingerprint density at radius 2 is 2.10 bits per heavy atom. The minimum Gasteiger partial charge on any atom is -0.351 e. The summed E-state index contributed by atoms with van der Waals surface area (Å²) in [6, 6.07) is 3.74. The molecule has 2 aromatic heterocycles. The van der Waals surface area contributed by atoms with Gasteiger partial charge in [-0.3, -0.25) is 4.79 Å². The standard InChI is InChI=1S/C12H14ClN3OS2.2ClH/c13-10-4-3-9(19-10)12-16-8(7-18-12)11(17)15-6-2-1-5-14;;/h3-4,7H,1-2,5-6,14H2,(H,15,17);2*1H. The smallest absolute Gasteiger partial charge is 0.270 e.